The van der Waals surface area contributed by atoms with Gasteiger partial charge < -0.3 is 8.98 Å². The van der Waals surface area contributed by atoms with Crippen molar-refractivity contribution in [3.63, 3.8) is 0 Å². The Morgan fingerprint density at radius 3 is 1.66 bits per heavy atom. The summed E-state index contributed by atoms with van der Waals surface area (Å²) < 4.78 is 9.04. The van der Waals surface area contributed by atoms with Gasteiger partial charge >= 0.3 is 0 Å². The highest BCUT2D eigenvalue weighted by atomic mass is 16.3. The number of para-hydroxylation sites is 2. The van der Waals surface area contributed by atoms with Gasteiger partial charge in [0.2, 0.25) is 0 Å². The highest BCUT2D eigenvalue weighted by Crippen LogP contribution is 2.55. The van der Waals surface area contributed by atoms with E-state index in [1.54, 1.807) is 0 Å². The molecule has 5 heteroatoms. The second-order valence-electron chi connectivity index (χ2n) is 14.3. The van der Waals surface area contributed by atoms with Crippen molar-refractivity contribution in [3.8, 4) is 73.2 Å². The summed E-state index contributed by atoms with van der Waals surface area (Å²) in [5.74, 6) is 1.96. The Morgan fingerprint density at radius 1 is 0.375 bits per heavy atom. The average Bonchev–Trinajstić information content (AvgIpc) is 3.81. The molecule has 0 saturated heterocycles. The van der Waals surface area contributed by atoms with Gasteiger partial charge in [0.05, 0.1) is 16.4 Å². The van der Waals surface area contributed by atoms with Gasteiger partial charge in [0, 0.05) is 44.1 Å². The minimum absolute atomic E-state index is 0.650. The lowest BCUT2D eigenvalue weighted by atomic mass is 9.74. The minimum atomic E-state index is 0.650. The number of fused-ring (bicyclic) bond motifs is 11. The molecule has 3 heterocycles. The highest BCUT2D eigenvalue weighted by molar-refractivity contribution is 6.24. The Labute approximate surface area is 321 Å². The quantitative estimate of drug-likeness (QED) is 0.178. The monoisotopic (exact) mass is 714 g/mol. The van der Waals surface area contributed by atoms with Crippen molar-refractivity contribution in [2.45, 2.75) is 0 Å². The zero-order valence-electron chi connectivity index (χ0n) is 30.0. The van der Waals surface area contributed by atoms with Gasteiger partial charge in [-0.05, 0) is 70.3 Å². The number of hydrogen-bond donors (Lipinski definition) is 0. The summed E-state index contributed by atoms with van der Waals surface area (Å²) in [6.45, 7) is 0. The minimum Gasteiger partial charge on any atom is -0.455 e. The van der Waals surface area contributed by atoms with Crippen molar-refractivity contribution in [1.29, 1.82) is 0 Å². The molecule has 0 spiro atoms. The van der Waals surface area contributed by atoms with E-state index < -0.39 is 0 Å². The predicted molar refractivity (Wildman–Crippen MR) is 228 cm³/mol. The molecule has 1 aliphatic rings. The molecule has 11 aromatic rings. The van der Waals surface area contributed by atoms with Crippen molar-refractivity contribution in [1.82, 2.24) is 19.5 Å². The predicted octanol–water partition coefficient (Wildman–Crippen LogP) is 13.2. The molecule has 12 rings (SSSR count). The van der Waals surface area contributed by atoms with Crippen molar-refractivity contribution in [2.24, 2.45) is 0 Å². The van der Waals surface area contributed by atoms with Crippen LogP contribution in [0.3, 0.4) is 0 Å². The SMILES string of the molecule is c1ccc(-c2nc(-c3ccccc3)nc(-c3cccc4c3-c3c(-c5ccc6c(c5)c5c7oc8ccccc8c7ccc5n6-c5ccccc5)cccc3-4)n2)cc1. The van der Waals surface area contributed by atoms with Crippen LogP contribution in [0.25, 0.3) is 117 Å². The van der Waals surface area contributed by atoms with Gasteiger partial charge in [0.1, 0.15) is 11.2 Å². The fourth-order valence-corrected chi connectivity index (χ4v) is 8.69. The lowest BCUT2D eigenvalue weighted by Gasteiger charge is -2.29. The third-order valence-corrected chi connectivity index (χ3v) is 11.2. The number of furan rings is 1. The second-order valence-corrected chi connectivity index (χ2v) is 14.3. The standard InChI is InChI=1S/C51H30N4O/c1-4-14-31(15-5-1)49-52-50(32-16-6-2-7-17-32)54-51(53-49)40-24-13-23-38-37-22-12-21-35(45(37)46(38)40)33-26-28-42-41(30-33)47-43(55(42)34-18-8-3-9-19-34)29-27-39-36-20-10-11-25-44(36)56-48(39)47/h1-30H. The molecular formula is C51H30N4O. The van der Waals surface area contributed by atoms with E-state index in [1.165, 1.54) is 22.3 Å². The molecule has 5 nitrogen and oxygen atoms in total. The average molecular weight is 715 g/mol. The first-order valence-corrected chi connectivity index (χ1v) is 18.9. The maximum absolute atomic E-state index is 6.68. The molecule has 8 aromatic carbocycles. The summed E-state index contributed by atoms with van der Waals surface area (Å²) in [5, 5.41) is 4.50. The van der Waals surface area contributed by atoms with Gasteiger partial charge in [-0.1, -0.05) is 140 Å². The maximum atomic E-state index is 6.68. The van der Waals surface area contributed by atoms with Gasteiger partial charge in [-0.3, -0.25) is 0 Å². The Bertz CT molecular complexity index is 3290. The van der Waals surface area contributed by atoms with E-state index in [9.17, 15) is 0 Å². The molecular weight excluding hydrogens is 685 g/mol. The molecule has 260 valence electrons. The van der Waals surface area contributed by atoms with Crippen LogP contribution in [0.4, 0.5) is 0 Å². The van der Waals surface area contributed by atoms with Crippen LogP contribution in [-0.2, 0) is 0 Å². The van der Waals surface area contributed by atoms with Crippen molar-refractivity contribution >= 4 is 43.7 Å². The lowest BCUT2D eigenvalue weighted by Crippen LogP contribution is -2.06. The number of aromatic nitrogens is 4. The van der Waals surface area contributed by atoms with Crippen molar-refractivity contribution in [3.05, 3.63) is 182 Å². The first kappa shape index (κ1) is 30.8. The number of rotatable bonds is 5. The summed E-state index contributed by atoms with van der Waals surface area (Å²) in [4.78, 5) is 15.2. The molecule has 1 aliphatic carbocycles. The zero-order chi connectivity index (χ0) is 36.7. The molecule has 0 fully saturated rings. The summed E-state index contributed by atoms with van der Waals surface area (Å²) in [6, 6.07) is 63.6. The number of nitrogens with zero attached hydrogens (tertiary/aromatic N) is 4. The first-order chi connectivity index (χ1) is 27.8. The second kappa shape index (κ2) is 11.9. The van der Waals surface area contributed by atoms with Gasteiger partial charge in [0.15, 0.2) is 17.5 Å². The Hall–Kier alpha value is -7.63. The normalized spacial score (nSPS) is 11.9. The van der Waals surface area contributed by atoms with Crippen LogP contribution < -0.4 is 0 Å². The fraction of sp³-hybridized carbons (Fsp3) is 0. The van der Waals surface area contributed by atoms with Crippen LogP contribution in [0.2, 0.25) is 0 Å². The zero-order valence-corrected chi connectivity index (χ0v) is 30.0. The molecule has 0 saturated carbocycles. The van der Waals surface area contributed by atoms with Gasteiger partial charge in [-0.25, -0.2) is 15.0 Å². The van der Waals surface area contributed by atoms with Crippen LogP contribution in [-0.4, -0.2) is 19.5 Å². The number of hydrogen-bond acceptors (Lipinski definition) is 4. The Morgan fingerprint density at radius 2 is 0.946 bits per heavy atom. The first-order valence-electron chi connectivity index (χ1n) is 18.9. The smallest absolute Gasteiger partial charge is 0.164 e. The molecule has 0 N–H and O–H groups in total. The summed E-state index contributed by atoms with van der Waals surface area (Å²) in [7, 11) is 0. The van der Waals surface area contributed by atoms with Crippen LogP contribution in [0, 0.1) is 0 Å². The molecule has 0 amide bonds. The number of benzene rings is 8. The molecule has 0 radical (unpaired) electrons. The lowest BCUT2D eigenvalue weighted by molar-refractivity contribution is 0.673. The van der Waals surface area contributed by atoms with E-state index in [0.717, 1.165) is 77.2 Å². The van der Waals surface area contributed by atoms with E-state index in [0.29, 0.717) is 17.5 Å². The summed E-state index contributed by atoms with van der Waals surface area (Å²) >= 11 is 0. The van der Waals surface area contributed by atoms with E-state index in [2.05, 4.69) is 144 Å². The third kappa shape index (κ3) is 4.52. The molecule has 3 aromatic heterocycles. The van der Waals surface area contributed by atoms with E-state index >= 15 is 0 Å². The van der Waals surface area contributed by atoms with Crippen LogP contribution >= 0.6 is 0 Å². The van der Waals surface area contributed by atoms with Crippen LogP contribution in [0.1, 0.15) is 0 Å². The van der Waals surface area contributed by atoms with Gasteiger partial charge in [-0.2, -0.15) is 0 Å². The molecule has 0 atom stereocenters. The Kier molecular flexibility index (Phi) is 6.56. The molecule has 0 unspecified atom stereocenters. The maximum Gasteiger partial charge on any atom is 0.164 e. The van der Waals surface area contributed by atoms with Crippen molar-refractivity contribution in [2.75, 3.05) is 0 Å². The molecule has 56 heavy (non-hydrogen) atoms. The fourth-order valence-electron chi connectivity index (χ4n) is 8.69. The largest absolute Gasteiger partial charge is 0.455 e. The van der Waals surface area contributed by atoms with E-state index in [1.807, 2.05) is 42.5 Å². The topological polar surface area (TPSA) is 56.7 Å². The van der Waals surface area contributed by atoms with Gasteiger partial charge in [-0.15, -0.1) is 0 Å². The molecule has 0 aliphatic heterocycles. The third-order valence-electron chi connectivity index (χ3n) is 11.2. The van der Waals surface area contributed by atoms with E-state index in [-0.39, 0.29) is 0 Å². The van der Waals surface area contributed by atoms with Crippen LogP contribution in [0.5, 0.6) is 0 Å². The summed E-state index contributed by atoms with van der Waals surface area (Å²) in [6.07, 6.45) is 0. The summed E-state index contributed by atoms with van der Waals surface area (Å²) in [5.41, 5.74) is 15.2. The van der Waals surface area contributed by atoms with Crippen LogP contribution in [0.15, 0.2) is 186 Å². The Balaban J connectivity index is 1.08. The van der Waals surface area contributed by atoms with Crippen molar-refractivity contribution < 1.29 is 4.42 Å². The molecule has 0 bridgehead atoms. The van der Waals surface area contributed by atoms with Gasteiger partial charge in [0.25, 0.3) is 0 Å². The highest BCUT2D eigenvalue weighted by Gasteiger charge is 2.30. The van der Waals surface area contributed by atoms with E-state index in [4.69, 9.17) is 19.4 Å².